The molecule has 0 spiro atoms. The fourth-order valence-corrected chi connectivity index (χ4v) is 4.41. The van der Waals surface area contributed by atoms with E-state index in [0.717, 1.165) is 16.5 Å². The molecule has 3 amide bonds. The van der Waals surface area contributed by atoms with E-state index in [0.29, 0.717) is 5.75 Å². The van der Waals surface area contributed by atoms with Gasteiger partial charge in [-0.25, -0.2) is 4.79 Å². The highest BCUT2D eigenvalue weighted by Crippen LogP contribution is 2.19. The van der Waals surface area contributed by atoms with Crippen LogP contribution < -0.4 is 21.7 Å². The first kappa shape index (κ1) is 31.0. The number of aliphatic carboxylic acids is 2. The van der Waals surface area contributed by atoms with Crippen LogP contribution in [0.4, 0.5) is 0 Å². The normalized spacial score (nSPS) is 14.2. The van der Waals surface area contributed by atoms with Crippen LogP contribution in [0.3, 0.4) is 0 Å². The number of aromatic amines is 1. The molecule has 2 aromatic rings. The molecule has 0 radical (unpaired) electrons. The van der Waals surface area contributed by atoms with Gasteiger partial charge in [-0.3, -0.25) is 19.2 Å². The summed E-state index contributed by atoms with van der Waals surface area (Å²) in [5.74, 6) is -4.27. The molecule has 0 bridgehead atoms. The number of nitrogens with one attached hydrogen (secondary N) is 4. The second-order valence-corrected chi connectivity index (χ2v) is 9.94. The monoisotopic (exact) mass is 567 g/mol. The Labute approximate surface area is 229 Å². The van der Waals surface area contributed by atoms with Crippen molar-refractivity contribution in [2.24, 2.45) is 5.73 Å². The molecular formula is C24H33N5O7S2. The number of thiol groups is 1. The van der Waals surface area contributed by atoms with Gasteiger partial charge in [0.25, 0.3) is 0 Å². The first-order valence-corrected chi connectivity index (χ1v) is 13.9. The first-order chi connectivity index (χ1) is 18.1. The molecule has 4 atom stereocenters. The quantitative estimate of drug-likeness (QED) is 0.130. The smallest absolute Gasteiger partial charge is 0.326 e. The van der Waals surface area contributed by atoms with Gasteiger partial charge < -0.3 is 36.9 Å². The Morgan fingerprint density at radius 3 is 2.24 bits per heavy atom. The molecule has 208 valence electrons. The maximum Gasteiger partial charge on any atom is 0.326 e. The van der Waals surface area contributed by atoms with Crippen LogP contribution in [-0.4, -0.2) is 86.8 Å². The lowest BCUT2D eigenvalue weighted by atomic mass is 10.0. The number of rotatable bonds is 16. The van der Waals surface area contributed by atoms with Crippen molar-refractivity contribution in [3.8, 4) is 0 Å². The van der Waals surface area contributed by atoms with Gasteiger partial charge in [0.05, 0.1) is 6.04 Å². The lowest BCUT2D eigenvalue weighted by molar-refractivity contribution is -0.143. The van der Waals surface area contributed by atoms with E-state index >= 15 is 0 Å². The van der Waals surface area contributed by atoms with Gasteiger partial charge in [-0.2, -0.15) is 24.4 Å². The zero-order valence-corrected chi connectivity index (χ0v) is 22.5. The van der Waals surface area contributed by atoms with E-state index in [2.05, 4.69) is 33.6 Å². The number of thioether (sulfide) groups is 1. The van der Waals surface area contributed by atoms with Crippen LogP contribution in [0.1, 0.15) is 24.8 Å². The number of benzene rings is 1. The molecule has 1 aromatic carbocycles. The molecule has 2 rings (SSSR count). The molecule has 1 heterocycles. The van der Waals surface area contributed by atoms with E-state index in [1.165, 1.54) is 11.8 Å². The summed E-state index contributed by atoms with van der Waals surface area (Å²) in [6.45, 7) is 0. The molecule has 38 heavy (non-hydrogen) atoms. The van der Waals surface area contributed by atoms with Crippen LogP contribution in [0.25, 0.3) is 10.9 Å². The van der Waals surface area contributed by atoms with Crippen molar-refractivity contribution in [2.75, 3.05) is 17.8 Å². The maximum atomic E-state index is 13.0. The molecule has 4 unspecified atom stereocenters. The minimum absolute atomic E-state index is 0.161. The average molecular weight is 568 g/mol. The van der Waals surface area contributed by atoms with Gasteiger partial charge in [-0.05, 0) is 42.9 Å². The Morgan fingerprint density at radius 1 is 0.974 bits per heavy atom. The second kappa shape index (κ2) is 15.2. The first-order valence-electron chi connectivity index (χ1n) is 11.8. The number of hydrogen-bond donors (Lipinski definition) is 8. The van der Waals surface area contributed by atoms with Crippen LogP contribution >= 0.6 is 24.4 Å². The third-order valence-corrected chi connectivity index (χ3v) is 6.78. The maximum absolute atomic E-state index is 13.0. The number of aromatic nitrogens is 1. The Morgan fingerprint density at radius 2 is 1.61 bits per heavy atom. The van der Waals surface area contributed by atoms with Crippen LogP contribution in [-0.2, 0) is 30.4 Å². The number of carbonyl (C=O) groups is 5. The lowest BCUT2D eigenvalue weighted by Crippen LogP contribution is -2.58. The third-order valence-electron chi connectivity index (χ3n) is 5.77. The number of carboxylic acid groups (broad SMARTS) is 2. The standard InChI is InChI=1S/C24H33N5O7S2/c1-38-9-8-17(27-21(32)15(25)10-13-11-26-16-5-3-2-4-14(13)16)22(33)29-19(12-37)23(34)28-18(24(35)36)6-7-20(30)31/h2-5,11,15,17-19,26,37H,6-10,12,25H2,1H3,(H,27,32)(H,28,34)(H,29,33)(H,30,31)(H,35,36). The fourth-order valence-electron chi connectivity index (χ4n) is 3.68. The van der Waals surface area contributed by atoms with Gasteiger partial charge in [-0.15, -0.1) is 0 Å². The summed E-state index contributed by atoms with van der Waals surface area (Å²) in [5.41, 5.74) is 7.92. The van der Waals surface area contributed by atoms with Crippen LogP contribution in [0, 0.1) is 0 Å². The van der Waals surface area contributed by atoms with Crippen molar-refractivity contribution in [1.29, 1.82) is 0 Å². The minimum Gasteiger partial charge on any atom is -0.481 e. The van der Waals surface area contributed by atoms with Gasteiger partial charge in [0.1, 0.15) is 18.1 Å². The third kappa shape index (κ3) is 9.26. The highest BCUT2D eigenvalue weighted by molar-refractivity contribution is 7.98. The molecule has 1 aromatic heterocycles. The summed E-state index contributed by atoms with van der Waals surface area (Å²) < 4.78 is 0. The van der Waals surface area contributed by atoms with Gasteiger partial charge in [0.15, 0.2) is 0 Å². The summed E-state index contributed by atoms with van der Waals surface area (Å²) in [6, 6.07) is 2.99. The topological polar surface area (TPSA) is 204 Å². The summed E-state index contributed by atoms with van der Waals surface area (Å²) in [7, 11) is 0. The Bertz CT molecular complexity index is 1140. The van der Waals surface area contributed by atoms with Crippen LogP contribution in [0.5, 0.6) is 0 Å². The Balaban J connectivity index is 2.04. The van der Waals surface area contributed by atoms with Crippen molar-refractivity contribution in [3.05, 3.63) is 36.0 Å². The fraction of sp³-hybridized carbons (Fsp3) is 0.458. The lowest BCUT2D eigenvalue weighted by Gasteiger charge is -2.24. The Hall–Kier alpha value is -3.23. The predicted molar refractivity (Wildman–Crippen MR) is 147 cm³/mol. The molecule has 8 N–H and O–H groups in total. The number of nitrogens with two attached hydrogens (primary N) is 1. The summed E-state index contributed by atoms with van der Waals surface area (Å²) in [5, 5.41) is 26.4. The van der Waals surface area contributed by atoms with Crippen molar-refractivity contribution in [3.63, 3.8) is 0 Å². The largest absolute Gasteiger partial charge is 0.481 e. The molecule has 0 aliphatic heterocycles. The summed E-state index contributed by atoms with van der Waals surface area (Å²) >= 11 is 5.54. The van der Waals surface area contributed by atoms with Gasteiger partial charge in [-0.1, -0.05) is 18.2 Å². The van der Waals surface area contributed by atoms with E-state index in [4.69, 9.17) is 10.8 Å². The van der Waals surface area contributed by atoms with Gasteiger partial charge in [0, 0.05) is 29.3 Å². The number of carboxylic acids is 2. The second-order valence-electron chi connectivity index (χ2n) is 8.59. The van der Waals surface area contributed by atoms with E-state index in [9.17, 15) is 29.1 Å². The zero-order chi connectivity index (χ0) is 28.2. The van der Waals surface area contributed by atoms with Gasteiger partial charge in [0.2, 0.25) is 17.7 Å². The minimum atomic E-state index is -1.45. The predicted octanol–water partition coefficient (Wildman–Crippen LogP) is 0.124. The zero-order valence-electron chi connectivity index (χ0n) is 20.8. The molecule has 0 fully saturated rings. The van der Waals surface area contributed by atoms with E-state index in [1.54, 1.807) is 6.20 Å². The van der Waals surface area contributed by atoms with Crippen molar-refractivity contribution >= 4 is 65.0 Å². The molecule has 14 heteroatoms. The number of para-hydroxylation sites is 1. The van der Waals surface area contributed by atoms with Crippen molar-refractivity contribution < 1.29 is 34.2 Å². The molecule has 12 nitrogen and oxygen atoms in total. The number of amides is 3. The molecule has 0 saturated carbocycles. The van der Waals surface area contributed by atoms with E-state index in [-0.39, 0.29) is 25.0 Å². The molecule has 0 saturated heterocycles. The van der Waals surface area contributed by atoms with Crippen molar-refractivity contribution in [2.45, 2.75) is 49.9 Å². The SMILES string of the molecule is CSCCC(NC(=O)C(N)Cc1c[nH]c2ccccc12)C(=O)NC(CS)C(=O)NC(CCC(=O)O)C(=O)O. The molecule has 0 aliphatic rings. The Kier molecular flexibility index (Phi) is 12.4. The summed E-state index contributed by atoms with van der Waals surface area (Å²) in [6.07, 6.45) is 3.33. The van der Waals surface area contributed by atoms with Crippen LogP contribution in [0.2, 0.25) is 0 Å². The number of carbonyl (C=O) groups excluding carboxylic acids is 3. The number of H-pyrrole nitrogens is 1. The molecule has 0 aliphatic carbocycles. The highest BCUT2D eigenvalue weighted by Gasteiger charge is 2.30. The van der Waals surface area contributed by atoms with E-state index < -0.39 is 60.2 Å². The number of hydrogen-bond acceptors (Lipinski definition) is 8. The summed E-state index contributed by atoms with van der Waals surface area (Å²) in [4.78, 5) is 63.8. The molecular weight excluding hydrogens is 534 g/mol. The van der Waals surface area contributed by atoms with E-state index in [1.807, 2.05) is 30.5 Å². The average Bonchev–Trinajstić information content (AvgIpc) is 3.29. The van der Waals surface area contributed by atoms with Crippen LogP contribution in [0.15, 0.2) is 30.5 Å². The van der Waals surface area contributed by atoms with Crippen molar-refractivity contribution in [1.82, 2.24) is 20.9 Å². The highest BCUT2D eigenvalue weighted by atomic mass is 32.2. The van der Waals surface area contributed by atoms with Gasteiger partial charge >= 0.3 is 11.9 Å². The number of fused-ring (bicyclic) bond motifs is 1.